The highest BCUT2D eigenvalue weighted by molar-refractivity contribution is 5.59. The van der Waals surface area contributed by atoms with Gasteiger partial charge in [-0.1, -0.05) is 89.5 Å². The molecule has 0 aliphatic heterocycles. The largest absolute Gasteiger partial charge is 0.508 e. The third kappa shape index (κ3) is 16.9. The van der Waals surface area contributed by atoms with Crippen molar-refractivity contribution in [1.29, 1.82) is 0 Å². The van der Waals surface area contributed by atoms with Crippen LogP contribution < -0.4 is 0 Å². The van der Waals surface area contributed by atoms with Crippen molar-refractivity contribution >= 4 is 6.16 Å². The molecule has 0 saturated carbocycles. The molecule has 0 aliphatic carbocycles. The van der Waals surface area contributed by atoms with E-state index in [1.54, 1.807) is 0 Å². The molecule has 0 rings (SSSR count). The van der Waals surface area contributed by atoms with E-state index >= 15 is 0 Å². The Balaban J connectivity index is 3.99. The van der Waals surface area contributed by atoms with E-state index in [0.29, 0.717) is 13.2 Å². The fraction of sp³-hybridized carbons (Fsp3) is 0.800. The molecule has 0 N–H and O–H groups in total. The van der Waals surface area contributed by atoms with Gasteiger partial charge in [-0.15, -0.1) is 0 Å². The number of hydrogen-bond acceptors (Lipinski definition) is 3. The summed E-state index contributed by atoms with van der Waals surface area (Å²) in [5, 5.41) is 0. The third-order valence-corrected chi connectivity index (χ3v) is 4.97. The van der Waals surface area contributed by atoms with E-state index < -0.39 is 6.16 Å². The predicted molar refractivity (Wildman–Crippen MR) is 121 cm³/mol. The molecular weight excluding hydrogens is 348 g/mol. The summed E-state index contributed by atoms with van der Waals surface area (Å²) in [4.78, 5) is 11.8. The number of carbonyl (C=O) groups excluding carboxylic acids is 1. The summed E-state index contributed by atoms with van der Waals surface area (Å²) in [7, 11) is 0. The maximum atomic E-state index is 11.8. The summed E-state index contributed by atoms with van der Waals surface area (Å²) in [5.41, 5.74) is 2.82. The Morgan fingerprint density at radius 2 is 1.04 bits per heavy atom. The zero-order valence-corrected chi connectivity index (χ0v) is 19.2. The summed E-state index contributed by atoms with van der Waals surface area (Å²) in [6, 6.07) is 0. The molecule has 0 spiro atoms. The van der Waals surface area contributed by atoms with Gasteiger partial charge in [-0.2, -0.15) is 0 Å². The molecule has 0 bridgehead atoms. The lowest BCUT2D eigenvalue weighted by atomic mass is 10.0. The van der Waals surface area contributed by atoms with Crippen LogP contribution in [0.1, 0.15) is 118 Å². The minimum atomic E-state index is -0.524. The van der Waals surface area contributed by atoms with Gasteiger partial charge in [0, 0.05) is 12.8 Å². The van der Waals surface area contributed by atoms with Crippen molar-refractivity contribution in [1.82, 2.24) is 0 Å². The van der Waals surface area contributed by atoms with Crippen molar-refractivity contribution in [3.8, 4) is 0 Å². The first-order valence-electron chi connectivity index (χ1n) is 11.8. The van der Waals surface area contributed by atoms with Gasteiger partial charge in [0.15, 0.2) is 0 Å². The van der Waals surface area contributed by atoms with E-state index in [0.717, 1.165) is 38.5 Å². The second-order valence-corrected chi connectivity index (χ2v) is 7.61. The first-order valence-corrected chi connectivity index (χ1v) is 11.8. The van der Waals surface area contributed by atoms with Gasteiger partial charge in [-0.3, -0.25) is 0 Å². The first kappa shape index (κ1) is 26.8. The molecule has 28 heavy (non-hydrogen) atoms. The quantitative estimate of drug-likeness (QED) is 0.133. The Morgan fingerprint density at radius 1 is 0.607 bits per heavy atom. The average Bonchev–Trinajstić information content (AvgIpc) is 2.68. The fourth-order valence-corrected chi connectivity index (χ4v) is 3.37. The van der Waals surface area contributed by atoms with Gasteiger partial charge >= 0.3 is 6.16 Å². The molecule has 0 fully saturated rings. The average molecular weight is 395 g/mol. The molecule has 0 aromatic carbocycles. The van der Waals surface area contributed by atoms with Crippen LogP contribution in [0.25, 0.3) is 0 Å². The van der Waals surface area contributed by atoms with E-state index in [4.69, 9.17) is 9.47 Å². The second-order valence-electron chi connectivity index (χ2n) is 7.61. The van der Waals surface area contributed by atoms with Crippen molar-refractivity contribution in [2.24, 2.45) is 0 Å². The highest BCUT2D eigenvalue weighted by Gasteiger charge is 2.06. The van der Waals surface area contributed by atoms with Crippen LogP contribution in [0, 0.1) is 0 Å². The Hall–Kier alpha value is -1.25. The van der Waals surface area contributed by atoms with Gasteiger partial charge in [0.1, 0.15) is 0 Å². The molecule has 0 radical (unpaired) electrons. The number of carbonyl (C=O) groups is 1. The van der Waals surface area contributed by atoms with Crippen molar-refractivity contribution < 1.29 is 14.3 Å². The van der Waals surface area contributed by atoms with Gasteiger partial charge in [-0.25, -0.2) is 4.79 Å². The van der Waals surface area contributed by atoms with Crippen molar-refractivity contribution in [3.05, 3.63) is 23.3 Å². The van der Waals surface area contributed by atoms with Crippen LogP contribution in [0.15, 0.2) is 23.3 Å². The molecule has 3 heteroatoms. The number of hydrogen-bond donors (Lipinski definition) is 0. The summed E-state index contributed by atoms with van der Waals surface area (Å²) in [6.45, 7) is 9.63. The molecule has 0 saturated heterocycles. The summed E-state index contributed by atoms with van der Waals surface area (Å²) >= 11 is 0. The Kier molecular flexibility index (Phi) is 19.6. The first-order chi connectivity index (χ1) is 13.7. The second kappa shape index (κ2) is 20.5. The minimum Gasteiger partial charge on any atom is -0.434 e. The number of allylic oxidation sites excluding steroid dienone is 2. The zero-order chi connectivity index (χ0) is 20.9. The van der Waals surface area contributed by atoms with Crippen LogP contribution in [-0.4, -0.2) is 19.4 Å². The van der Waals surface area contributed by atoms with Crippen LogP contribution in [0.4, 0.5) is 4.79 Å². The van der Waals surface area contributed by atoms with Crippen LogP contribution in [0.3, 0.4) is 0 Å². The lowest BCUT2D eigenvalue weighted by Crippen LogP contribution is -2.10. The lowest BCUT2D eigenvalue weighted by Gasteiger charge is -2.10. The van der Waals surface area contributed by atoms with Gasteiger partial charge in [0.2, 0.25) is 0 Å². The number of unbranched alkanes of at least 4 members (excludes halogenated alkanes) is 6. The summed E-state index contributed by atoms with van der Waals surface area (Å²) in [6.07, 6.45) is 20.2. The molecule has 164 valence electrons. The van der Waals surface area contributed by atoms with Crippen LogP contribution >= 0.6 is 0 Å². The maximum absolute atomic E-state index is 11.8. The Bertz CT molecular complexity index is 386. The van der Waals surface area contributed by atoms with E-state index in [1.807, 2.05) is 0 Å². The van der Waals surface area contributed by atoms with Crippen LogP contribution in [0.5, 0.6) is 0 Å². The van der Waals surface area contributed by atoms with Crippen LogP contribution in [-0.2, 0) is 9.47 Å². The molecule has 0 atom stereocenters. The minimum absolute atomic E-state index is 0.424. The Morgan fingerprint density at radius 3 is 1.39 bits per heavy atom. The SMILES string of the molecule is CCC=C(CCCCCC)CCOC(=O)OCCC(=CCC)CCCCCC. The Labute approximate surface area is 175 Å². The molecule has 0 heterocycles. The third-order valence-electron chi connectivity index (χ3n) is 4.97. The van der Waals surface area contributed by atoms with Crippen molar-refractivity contribution in [3.63, 3.8) is 0 Å². The van der Waals surface area contributed by atoms with Gasteiger partial charge in [0.05, 0.1) is 13.2 Å². The maximum Gasteiger partial charge on any atom is 0.508 e. The van der Waals surface area contributed by atoms with Gasteiger partial charge in [-0.05, 0) is 38.5 Å². The standard InChI is InChI=1S/C25H46O3/c1-5-9-11-13-17-23(15-7-3)19-21-27-25(26)28-22-20-24(16-8-4)18-14-12-10-6-2/h15-16H,5-14,17-22H2,1-4H3. The highest BCUT2D eigenvalue weighted by Crippen LogP contribution is 2.16. The topological polar surface area (TPSA) is 35.5 Å². The summed E-state index contributed by atoms with van der Waals surface area (Å²) < 4.78 is 10.6. The fourth-order valence-electron chi connectivity index (χ4n) is 3.37. The predicted octanol–water partition coefficient (Wildman–Crippen LogP) is 8.53. The molecule has 0 aromatic heterocycles. The monoisotopic (exact) mass is 394 g/mol. The van der Waals surface area contributed by atoms with E-state index in [2.05, 4.69) is 39.8 Å². The van der Waals surface area contributed by atoms with Gasteiger partial charge in [0.25, 0.3) is 0 Å². The molecular formula is C25H46O3. The lowest BCUT2D eigenvalue weighted by molar-refractivity contribution is 0.0566. The highest BCUT2D eigenvalue weighted by atomic mass is 16.7. The van der Waals surface area contributed by atoms with Crippen molar-refractivity contribution in [2.75, 3.05) is 13.2 Å². The molecule has 0 unspecified atom stereocenters. The van der Waals surface area contributed by atoms with E-state index in [9.17, 15) is 4.79 Å². The van der Waals surface area contributed by atoms with E-state index in [-0.39, 0.29) is 0 Å². The zero-order valence-electron chi connectivity index (χ0n) is 19.2. The molecule has 0 aromatic rings. The summed E-state index contributed by atoms with van der Waals surface area (Å²) in [5.74, 6) is 0. The van der Waals surface area contributed by atoms with Gasteiger partial charge < -0.3 is 9.47 Å². The van der Waals surface area contributed by atoms with Crippen molar-refractivity contribution in [2.45, 2.75) is 118 Å². The molecule has 0 aliphatic rings. The smallest absolute Gasteiger partial charge is 0.434 e. The normalized spacial score (nSPS) is 12.3. The van der Waals surface area contributed by atoms with E-state index in [1.165, 1.54) is 62.5 Å². The molecule has 0 amide bonds. The van der Waals surface area contributed by atoms with Crippen LogP contribution in [0.2, 0.25) is 0 Å². The molecule has 3 nitrogen and oxygen atoms in total. The number of rotatable bonds is 18. The number of ether oxygens (including phenoxy) is 2.